The average Bonchev–Trinajstić information content (AvgIpc) is 3.48. The number of ether oxygens (including phenoxy) is 1. The largest absolute Gasteiger partial charge is 0.463 e. The number of carbonyl (C=O) groups is 1. The molecule has 0 radical (unpaired) electrons. The number of aromatic nitrogens is 1. The quantitative estimate of drug-likeness (QED) is 0.260. The molecule has 0 bridgehead atoms. The smallest absolute Gasteiger partial charge is 0.338 e. The minimum atomic E-state index is -0.636. The number of hydrogen-bond acceptors (Lipinski definition) is 6. The molecule has 0 N–H and O–H groups in total. The summed E-state index contributed by atoms with van der Waals surface area (Å²) in [7, 11) is 0. The molecular formula is C30H27BrN2O4S. The number of nitrogens with zero attached hydrogens (tertiary/aromatic N) is 2. The summed E-state index contributed by atoms with van der Waals surface area (Å²) in [6, 6.07) is 19.0. The number of benzene rings is 2. The van der Waals surface area contributed by atoms with Gasteiger partial charge in [-0.3, -0.25) is 9.36 Å². The standard InChI is InChI=1S/C30H27BrN2O4S/c1-5-36-29(35)26-18(4)32-30-33(27(26)21-8-6-19(7-9-21)17(2)3)28(34)25(38-30)16-23-14-15-24(37-23)20-10-12-22(31)13-11-20/h6-17,27H,5H2,1-4H3/b25-16-. The van der Waals surface area contributed by atoms with Gasteiger partial charge in [0.25, 0.3) is 5.56 Å². The molecule has 1 atom stereocenters. The summed E-state index contributed by atoms with van der Waals surface area (Å²) in [5.41, 5.74) is 3.63. The van der Waals surface area contributed by atoms with E-state index in [1.54, 1.807) is 24.5 Å². The summed E-state index contributed by atoms with van der Waals surface area (Å²) >= 11 is 4.72. The molecule has 5 rings (SSSR count). The molecule has 0 saturated heterocycles. The van der Waals surface area contributed by atoms with Gasteiger partial charge in [0.05, 0.1) is 28.5 Å². The van der Waals surface area contributed by atoms with Gasteiger partial charge in [-0.15, -0.1) is 0 Å². The molecule has 3 heterocycles. The lowest BCUT2D eigenvalue weighted by molar-refractivity contribution is -0.139. The summed E-state index contributed by atoms with van der Waals surface area (Å²) in [5, 5.41) is 0. The number of fused-ring (bicyclic) bond motifs is 1. The van der Waals surface area contributed by atoms with E-state index in [9.17, 15) is 9.59 Å². The molecule has 0 fully saturated rings. The second kappa shape index (κ2) is 10.7. The maximum Gasteiger partial charge on any atom is 0.338 e. The van der Waals surface area contributed by atoms with Crippen LogP contribution < -0.4 is 14.9 Å². The minimum Gasteiger partial charge on any atom is -0.463 e. The Labute approximate surface area is 232 Å². The molecule has 6 nitrogen and oxygen atoms in total. The van der Waals surface area contributed by atoms with E-state index in [2.05, 4.69) is 34.8 Å². The fraction of sp³-hybridized carbons (Fsp3) is 0.233. The topological polar surface area (TPSA) is 73.8 Å². The third kappa shape index (κ3) is 4.98. The number of halogens is 1. The highest BCUT2D eigenvalue weighted by Gasteiger charge is 2.33. The van der Waals surface area contributed by atoms with Crippen LogP contribution in [0, 0.1) is 0 Å². The predicted molar refractivity (Wildman–Crippen MR) is 153 cm³/mol. The van der Waals surface area contributed by atoms with Crippen molar-refractivity contribution in [1.82, 2.24) is 4.57 Å². The molecule has 2 aromatic heterocycles. The second-order valence-corrected chi connectivity index (χ2v) is 11.3. The number of allylic oxidation sites excluding steroid dienone is 1. The molecule has 0 amide bonds. The van der Waals surface area contributed by atoms with Crippen molar-refractivity contribution in [2.75, 3.05) is 6.61 Å². The third-order valence-electron chi connectivity index (χ3n) is 6.46. The summed E-state index contributed by atoms with van der Waals surface area (Å²) in [5.74, 6) is 1.17. The molecule has 1 aliphatic rings. The molecule has 8 heteroatoms. The number of esters is 1. The van der Waals surface area contributed by atoms with Crippen LogP contribution in [0.15, 0.2) is 90.6 Å². The monoisotopic (exact) mass is 590 g/mol. The van der Waals surface area contributed by atoms with Crippen molar-refractivity contribution < 1.29 is 13.9 Å². The molecule has 1 aliphatic heterocycles. The number of furan rings is 1. The SMILES string of the molecule is CCOC(=O)C1=C(C)N=c2s/c(=C\c3ccc(-c4ccc(Br)cc4)o3)c(=O)n2C1c1ccc(C(C)C)cc1. The molecular weight excluding hydrogens is 564 g/mol. The zero-order valence-electron chi connectivity index (χ0n) is 21.5. The Kier molecular flexibility index (Phi) is 7.36. The van der Waals surface area contributed by atoms with Gasteiger partial charge in [-0.2, -0.15) is 0 Å². The van der Waals surface area contributed by atoms with E-state index >= 15 is 0 Å². The Balaban J connectivity index is 1.62. The van der Waals surface area contributed by atoms with Gasteiger partial charge in [0.2, 0.25) is 0 Å². The molecule has 0 spiro atoms. The van der Waals surface area contributed by atoms with E-state index in [1.807, 2.05) is 60.7 Å². The molecule has 38 heavy (non-hydrogen) atoms. The first-order valence-corrected chi connectivity index (χ1v) is 14.0. The number of thiazole rings is 1. The Morgan fingerprint density at radius 2 is 1.84 bits per heavy atom. The highest BCUT2D eigenvalue weighted by Crippen LogP contribution is 2.31. The molecule has 4 aromatic rings. The maximum atomic E-state index is 13.8. The first-order valence-electron chi connectivity index (χ1n) is 12.4. The normalized spacial score (nSPS) is 15.5. The first kappa shape index (κ1) is 26.1. The number of hydrogen-bond donors (Lipinski definition) is 0. The maximum absolute atomic E-state index is 13.8. The lowest BCUT2D eigenvalue weighted by Gasteiger charge is -2.25. The van der Waals surface area contributed by atoms with Gasteiger partial charge in [0.15, 0.2) is 4.80 Å². The fourth-order valence-electron chi connectivity index (χ4n) is 4.50. The molecule has 2 aromatic carbocycles. The third-order valence-corrected chi connectivity index (χ3v) is 7.98. The van der Waals surface area contributed by atoms with Gasteiger partial charge < -0.3 is 9.15 Å². The van der Waals surface area contributed by atoms with Crippen molar-refractivity contribution in [1.29, 1.82) is 0 Å². The van der Waals surface area contributed by atoms with Crippen LogP contribution in [-0.2, 0) is 9.53 Å². The van der Waals surface area contributed by atoms with Crippen LogP contribution in [0.5, 0.6) is 0 Å². The van der Waals surface area contributed by atoms with E-state index in [4.69, 9.17) is 9.15 Å². The Morgan fingerprint density at radius 3 is 2.50 bits per heavy atom. The van der Waals surface area contributed by atoms with Crippen molar-refractivity contribution in [3.05, 3.63) is 113 Å². The van der Waals surface area contributed by atoms with Crippen molar-refractivity contribution in [2.24, 2.45) is 4.99 Å². The van der Waals surface area contributed by atoms with E-state index in [-0.39, 0.29) is 12.2 Å². The highest BCUT2D eigenvalue weighted by molar-refractivity contribution is 9.10. The van der Waals surface area contributed by atoms with Gasteiger partial charge in [-0.1, -0.05) is 77.5 Å². The van der Waals surface area contributed by atoms with Gasteiger partial charge in [-0.25, -0.2) is 9.79 Å². The van der Waals surface area contributed by atoms with Gasteiger partial charge in [0.1, 0.15) is 11.5 Å². The number of carbonyl (C=O) groups excluding carboxylic acids is 1. The van der Waals surface area contributed by atoms with Gasteiger partial charge in [-0.05, 0) is 55.2 Å². The zero-order valence-corrected chi connectivity index (χ0v) is 23.9. The zero-order chi connectivity index (χ0) is 27.0. The van der Waals surface area contributed by atoms with E-state index in [0.717, 1.165) is 15.6 Å². The van der Waals surface area contributed by atoms with Crippen molar-refractivity contribution in [3.63, 3.8) is 0 Å². The van der Waals surface area contributed by atoms with Crippen LogP contribution in [0.2, 0.25) is 0 Å². The lowest BCUT2D eigenvalue weighted by atomic mass is 9.93. The van der Waals surface area contributed by atoms with Gasteiger partial charge >= 0.3 is 5.97 Å². The van der Waals surface area contributed by atoms with Crippen LogP contribution in [0.1, 0.15) is 56.5 Å². The summed E-state index contributed by atoms with van der Waals surface area (Å²) in [6.07, 6.45) is 1.73. The Hall–Kier alpha value is -3.49. The first-order chi connectivity index (χ1) is 18.3. The van der Waals surface area contributed by atoms with Crippen LogP contribution in [0.3, 0.4) is 0 Å². The Bertz CT molecular complexity index is 1710. The highest BCUT2D eigenvalue weighted by atomic mass is 79.9. The van der Waals surface area contributed by atoms with Crippen LogP contribution in [0.4, 0.5) is 0 Å². The van der Waals surface area contributed by atoms with E-state index in [1.165, 1.54) is 16.9 Å². The molecule has 0 aliphatic carbocycles. The average molecular weight is 592 g/mol. The summed E-state index contributed by atoms with van der Waals surface area (Å²) < 4.78 is 14.5. The van der Waals surface area contributed by atoms with Crippen molar-refractivity contribution in [3.8, 4) is 11.3 Å². The second-order valence-electron chi connectivity index (χ2n) is 9.33. The lowest BCUT2D eigenvalue weighted by Crippen LogP contribution is -2.39. The molecule has 194 valence electrons. The molecule has 1 unspecified atom stereocenters. The van der Waals surface area contributed by atoms with E-state index in [0.29, 0.717) is 38.0 Å². The van der Waals surface area contributed by atoms with Crippen LogP contribution in [-0.4, -0.2) is 17.1 Å². The summed E-state index contributed by atoms with van der Waals surface area (Å²) in [4.78, 5) is 32.0. The Morgan fingerprint density at radius 1 is 1.13 bits per heavy atom. The molecule has 0 saturated carbocycles. The fourth-order valence-corrected chi connectivity index (χ4v) is 5.79. The van der Waals surface area contributed by atoms with Crippen molar-refractivity contribution in [2.45, 2.75) is 39.7 Å². The van der Waals surface area contributed by atoms with Crippen molar-refractivity contribution >= 4 is 39.3 Å². The van der Waals surface area contributed by atoms with Crippen LogP contribution >= 0.6 is 27.3 Å². The van der Waals surface area contributed by atoms with Crippen LogP contribution in [0.25, 0.3) is 17.4 Å². The number of rotatable bonds is 6. The predicted octanol–water partition coefficient (Wildman–Crippen LogP) is 5.94. The van der Waals surface area contributed by atoms with Gasteiger partial charge in [0, 0.05) is 16.1 Å². The summed E-state index contributed by atoms with van der Waals surface area (Å²) in [6.45, 7) is 8.04. The van der Waals surface area contributed by atoms with E-state index < -0.39 is 12.0 Å². The minimum absolute atomic E-state index is 0.234.